The van der Waals surface area contributed by atoms with E-state index in [9.17, 15) is 4.79 Å². The van der Waals surface area contributed by atoms with Crippen LogP contribution in [0.3, 0.4) is 0 Å². The van der Waals surface area contributed by atoms with Gasteiger partial charge in [0.1, 0.15) is 0 Å². The van der Waals surface area contributed by atoms with Gasteiger partial charge in [-0.1, -0.05) is 43.2 Å². The van der Waals surface area contributed by atoms with Crippen LogP contribution in [-0.4, -0.2) is 31.4 Å². The van der Waals surface area contributed by atoms with Gasteiger partial charge >= 0.3 is 0 Å². The van der Waals surface area contributed by atoms with E-state index in [1.54, 1.807) is 0 Å². The zero-order valence-electron chi connectivity index (χ0n) is 15.1. The molecule has 1 aromatic rings. The molecule has 1 aliphatic heterocycles. The lowest BCUT2D eigenvalue weighted by atomic mass is 9.60. The quantitative estimate of drug-likeness (QED) is 0.918. The van der Waals surface area contributed by atoms with E-state index in [0.29, 0.717) is 5.91 Å². The van der Waals surface area contributed by atoms with Gasteiger partial charge in [0.05, 0.1) is 0 Å². The van der Waals surface area contributed by atoms with Crippen LogP contribution >= 0.6 is 0 Å². The Morgan fingerprint density at radius 1 is 1.08 bits per heavy atom. The normalized spacial score (nSPS) is 36.3. The lowest BCUT2D eigenvalue weighted by Crippen LogP contribution is -2.48. The Morgan fingerprint density at radius 3 is 2.33 bits per heavy atom. The first-order valence-corrected chi connectivity index (χ1v) is 9.56. The smallest absolute Gasteiger partial charge is 0.223 e. The van der Waals surface area contributed by atoms with Crippen molar-refractivity contribution in [2.24, 2.45) is 17.3 Å². The molecule has 3 nitrogen and oxygen atoms in total. The van der Waals surface area contributed by atoms with Crippen LogP contribution in [0, 0.1) is 17.3 Å². The van der Waals surface area contributed by atoms with E-state index in [1.165, 1.54) is 18.4 Å². The van der Waals surface area contributed by atoms with Crippen molar-refractivity contribution in [1.82, 2.24) is 10.2 Å². The van der Waals surface area contributed by atoms with Crippen molar-refractivity contribution in [2.75, 3.05) is 20.6 Å². The Morgan fingerprint density at radius 2 is 1.75 bits per heavy atom. The summed E-state index contributed by atoms with van der Waals surface area (Å²) in [7, 11) is 4.43. The topological polar surface area (TPSA) is 32.3 Å². The first-order valence-electron chi connectivity index (χ1n) is 9.56. The number of carbonyl (C=O) groups excluding carboxylic acids is 1. The Bertz CT molecular complexity index is 598. The van der Waals surface area contributed by atoms with Gasteiger partial charge in [0.25, 0.3) is 0 Å². The average Bonchev–Trinajstić information content (AvgIpc) is 3.38. The highest BCUT2D eigenvalue weighted by atomic mass is 16.2. The highest BCUT2D eigenvalue weighted by Gasteiger charge is 2.54. The molecular formula is C21H30N2O. The Hall–Kier alpha value is -1.35. The number of nitrogens with one attached hydrogen (secondary N) is 1. The molecule has 0 aromatic heterocycles. The molecule has 1 amide bonds. The molecule has 3 aliphatic rings. The lowest BCUT2D eigenvalue weighted by molar-refractivity contribution is -0.125. The van der Waals surface area contributed by atoms with Gasteiger partial charge < -0.3 is 5.32 Å². The predicted octanol–water partition coefficient (Wildman–Crippen LogP) is 3.55. The molecule has 24 heavy (non-hydrogen) atoms. The zero-order valence-corrected chi connectivity index (χ0v) is 15.1. The summed E-state index contributed by atoms with van der Waals surface area (Å²) < 4.78 is 0. The molecular weight excluding hydrogens is 296 g/mol. The van der Waals surface area contributed by atoms with Gasteiger partial charge in [-0.05, 0) is 63.1 Å². The second-order valence-electron chi connectivity index (χ2n) is 8.60. The second-order valence-corrected chi connectivity index (χ2v) is 8.60. The maximum atomic E-state index is 12.5. The highest BCUT2D eigenvalue weighted by molar-refractivity contribution is 5.82. The Balaban J connectivity index is 1.57. The van der Waals surface area contributed by atoms with Gasteiger partial charge in [-0.2, -0.15) is 0 Å². The van der Waals surface area contributed by atoms with Crippen LogP contribution in [0.25, 0.3) is 0 Å². The Labute approximate surface area is 145 Å². The summed E-state index contributed by atoms with van der Waals surface area (Å²) in [4.78, 5) is 14.9. The fourth-order valence-corrected chi connectivity index (χ4v) is 5.26. The summed E-state index contributed by atoms with van der Waals surface area (Å²) in [6, 6.07) is 11.0. The number of amides is 1. The lowest BCUT2D eigenvalue weighted by Gasteiger charge is -2.50. The van der Waals surface area contributed by atoms with E-state index in [4.69, 9.17) is 0 Å². The van der Waals surface area contributed by atoms with Gasteiger partial charge in [-0.15, -0.1) is 0 Å². The molecule has 0 unspecified atom stereocenters. The molecule has 0 radical (unpaired) electrons. The number of hydrogen-bond acceptors (Lipinski definition) is 2. The molecule has 1 spiro atoms. The molecule has 0 bridgehead atoms. The molecule has 1 heterocycles. The number of nitrogens with zero attached hydrogens (tertiary/aromatic N) is 1. The zero-order chi connectivity index (χ0) is 16.8. The summed E-state index contributed by atoms with van der Waals surface area (Å²) in [6.45, 7) is 0.904. The van der Waals surface area contributed by atoms with Crippen LogP contribution in [0.5, 0.6) is 0 Å². The van der Waals surface area contributed by atoms with Gasteiger partial charge in [-0.3, -0.25) is 9.69 Å². The van der Waals surface area contributed by atoms with Crippen molar-refractivity contribution in [1.29, 1.82) is 0 Å². The number of carbonyl (C=O) groups is 1. The summed E-state index contributed by atoms with van der Waals surface area (Å²) in [5, 5.41) is 3.21. The van der Waals surface area contributed by atoms with Crippen molar-refractivity contribution in [3.8, 4) is 0 Å². The van der Waals surface area contributed by atoms with Gasteiger partial charge in [0.2, 0.25) is 5.91 Å². The third kappa shape index (κ3) is 2.57. The fraction of sp³-hybridized carbons (Fsp3) is 0.667. The molecule has 3 heteroatoms. The van der Waals surface area contributed by atoms with E-state index in [-0.39, 0.29) is 16.9 Å². The molecule has 130 valence electrons. The molecule has 1 N–H and O–H groups in total. The first kappa shape index (κ1) is 16.1. The molecule has 2 aliphatic carbocycles. The van der Waals surface area contributed by atoms with Crippen LogP contribution in [0.2, 0.25) is 0 Å². The molecule has 1 saturated heterocycles. The monoisotopic (exact) mass is 326 g/mol. The SMILES string of the molecule is CN(C)C1(c2ccccc2)CCC2(CC1)CNC(=O)[C@H]2CC1CC1. The van der Waals surface area contributed by atoms with Crippen LogP contribution in [-0.2, 0) is 10.3 Å². The fourth-order valence-electron chi connectivity index (χ4n) is 5.26. The van der Waals surface area contributed by atoms with Crippen LogP contribution in [0.1, 0.15) is 50.5 Å². The van der Waals surface area contributed by atoms with E-state index in [1.807, 2.05) is 0 Å². The van der Waals surface area contributed by atoms with Crippen molar-refractivity contribution in [2.45, 2.75) is 50.5 Å². The second kappa shape index (κ2) is 5.87. The first-order chi connectivity index (χ1) is 11.6. The van der Waals surface area contributed by atoms with Crippen molar-refractivity contribution >= 4 is 5.91 Å². The molecule has 4 rings (SSSR count). The van der Waals surface area contributed by atoms with Crippen LogP contribution in [0.4, 0.5) is 0 Å². The average molecular weight is 326 g/mol. The molecule has 3 fully saturated rings. The van der Waals surface area contributed by atoms with E-state index < -0.39 is 0 Å². The summed E-state index contributed by atoms with van der Waals surface area (Å²) in [5.74, 6) is 1.42. The number of benzene rings is 1. The molecule has 1 aromatic carbocycles. The van der Waals surface area contributed by atoms with Crippen molar-refractivity contribution in [3.05, 3.63) is 35.9 Å². The molecule has 2 saturated carbocycles. The summed E-state index contributed by atoms with van der Waals surface area (Å²) in [5.41, 5.74) is 1.77. The van der Waals surface area contributed by atoms with E-state index in [2.05, 4.69) is 54.6 Å². The summed E-state index contributed by atoms with van der Waals surface area (Å²) in [6.07, 6.45) is 8.44. The van der Waals surface area contributed by atoms with E-state index >= 15 is 0 Å². The van der Waals surface area contributed by atoms with Gasteiger partial charge in [0.15, 0.2) is 0 Å². The Kier molecular flexibility index (Phi) is 3.95. The van der Waals surface area contributed by atoms with Gasteiger partial charge in [0, 0.05) is 18.0 Å². The predicted molar refractivity (Wildman–Crippen MR) is 96.5 cm³/mol. The van der Waals surface area contributed by atoms with Crippen LogP contribution < -0.4 is 5.32 Å². The summed E-state index contributed by atoms with van der Waals surface area (Å²) >= 11 is 0. The third-order valence-corrected chi connectivity index (χ3v) is 7.18. The highest BCUT2D eigenvalue weighted by Crippen LogP contribution is 2.55. The number of rotatable bonds is 4. The minimum Gasteiger partial charge on any atom is -0.355 e. The minimum absolute atomic E-state index is 0.127. The minimum atomic E-state index is 0.127. The van der Waals surface area contributed by atoms with Gasteiger partial charge in [-0.25, -0.2) is 0 Å². The van der Waals surface area contributed by atoms with Crippen molar-refractivity contribution < 1.29 is 4.79 Å². The maximum absolute atomic E-state index is 12.5. The number of hydrogen-bond donors (Lipinski definition) is 1. The largest absolute Gasteiger partial charge is 0.355 e. The van der Waals surface area contributed by atoms with Crippen molar-refractivity contribution in [3.63, 3.8) is 0 Å². The third-order valence-electron chi connectivity index (χ3n) is 7.18. The molecule has 1 atom stereocenters. The van der Waals surface area contributed by atoms with Crippen LogP contribution in [0.15, 0.2) is 30.3 Å². The standard InChI is InChI=1S/C21H30N2O/c1-23(2)21(17-6-4-3-5-7-17)12-10-20(11-13-21)15-22-19(24)18(20)14-16-8-9-16/h3-7,16,18H,8-15H2,1-2H3,(H,22,24)/t18-,20?,21?/m1/s1. The van der Waals surface area contributed by atoms with E-state index in [0.717, 1.165) is 44.6 Å². The maximum Gasteiger partial charge on any atom is 0.223 e.